The predicted molar refractivity (Wildman–Crippen MR) is 318 cm³/mol. The molecule has 4 aromatic carbocycles. The Morgan fingerprint density at radius 1 is 0.312 bits per heavy atom. The lowest BCUT2D eigenvalue weighted by molar-refractivity contribution is -0.129. The standard InChI is InChI=1S/C69H96O8/c1-3-5-7-9-11-13-15-17-19-21-23-25-27-29-31-33-55-74-62-45-35-58(36-46-62)39-53-68(72)76-64-49-41-60(42-50-64)66(70)57-67(71)61-43-51-65(52-44-61)77-69(73)54-40-59-37-47-63(48-38-59)75-56-34-32-30-28-26-24-22-20-18-16-14-12-10-8-6-4-2/h35-54H,3-34,55-57H2,1-2H3/b53-39+,54-40+. The molecule has 4 rings (SSSR count). The van der Waals surface area contributed by atoms with Crippen molar-refractivity contribution >= 4 is 35.7 Å². The van der Waals surface area contributed by atoms with E-state index in [0.29, 0.717) is 24.3 Å². The van der Waals surface area contributed by atoms with Crippen LogP contribution in [0.5, 0.6) is 23.0 Å². The van der Waals surface area contributed by atoms with Crippen LogP contribution in [0.1, 0.15) is 258 Å². The van der Waals surface area contributed by atoms with Crippen molar-refractivity contribution in [3.63, 3.8) is 0 Å². The minimum absolute atomic E-state index is 0.277. The van der Waals surface area contributed by atoms with E-state index in [1.165, 1.54) is 253 Å². The zero-order chi connectivity index (χ0) is 54.6. The van der Waals surface area contributed by atoms with Gasteiger partial charge in [-0.1, -0.05) is 231 Å². The maximum absolute atomic E-state index is 13.0. The number of esters is 2. The van der Waals surface area contributed by atoms with Gasteiger partial charge in [0.1, 0.15) is 23.0 Å². The van der Waals surface area contributed by atoms with Crippen LogP contribution in [0.25, 0.3) is 12.2 Å². The molecule has 4 aromatic rings. The Labute approximate surface area is 465 Å². The molecule has 0 amide bonds. The van der Waals surface area contributed by atoms with Gasteiger partial charge in [0.15, 0.2) is 11.6 Å². The first kappa shape index (κ1) is 63.8. The molecule has 0 aromatic heterocycles. The number of carbonyl (C=O) groups is 4. The molecule has 0 radical (unpaired) electrons. The maximum atomic E-state index is 13.0. The quantitative estimate of drug-likeness (QED) is 0.0108. The largest absolute Gasteiger partial charge is 0.494 e. The molecular weight excluding hydrogens is 957 g/mol. The topological polar surface area (TPSA) is 105 Å². The van der Waals surface area contributed by atoms with Crippen molar-refractivity contribution < 1.29 is 38.1 Å². The third kappa shape index (κ3) is 31.3. The van der Waals surface area contributed by atoms with Gasteiger partial charge in [-0.2, -0.15) is 0 Å². The van der Waals surface area contributed by atoms with Crippen LogP contribution >= 0.6 is 0 Å². The normalized spacial score (nSPS) is 11.4. The number of unbranched alkanes of at least 4 members (excludes halogenated alkanes) is 30. The van der Waals surface area contributed by atoms with Crippen LogP contribution in [-0.4, -0.2) is 36.7 Å². The van der Waals surface area contributed by atoms with E-state index in [0.717, 1.165) is 35.5 Å². The molecule has 0 aliphatic carbocycles. The van der Waals surface area contributed by atoms with Gasteiger partial charge in [-0.3, -0.25) is 9.59 Å². The molecule has 8 nitrogen and oxygen atoms in total. The monoisotopic (exact) mass is 1050 g/mol. The van der Waals surface area contributed by atoms with Gasteiger partial charge in [0, 0.05) is 23.3 Å². The molecule has 0 aliphatic heterocycles. The Balaban J connectivity index is 1.01. The summed E-state index contributed by atoms with van der Waals surface area (Å²) in [4.78, 5) is 51.1. The molecule has 0 saturated heterocycles. The fraction of sp³-hybridized carbons (Fsp3) is 0.536. The van der Waals surface area contributed by atoms with E-state index in [1.54, 1.807) is 12.2 Å². The first-order valence-electron chi connectivity index (χ1n) is 30.3. The second kappa shape index (κ2) is 42.3. The third-order valence-electron chi connectivity index (χ3n) is 14.2. The van der Waals surface area contributed by atoms with Crippen LogP contribution in [0.15, 0.2) is 109 Å². The molecule has 0 fully saturated rings. The average molecular weight is 1050 g/mol. The molecule has 0 bridgehead atoms. The van der Waals surface area contributed by atoms with E-state index in [-0.39, 0.29) is 29.5 Å². The molecule has 0 atom stereocenters. The Morgan fingerprint density at radius 2 is 0.558 bits per heavy atom. The lowest BCUT2D eigenvalue weighted by atomic mass is 10.0. The number of carbonyl (C=O) groups excluding carboxylic acids is 4. The summed E-state index contributed by atoms with van der Waals surface area (Å²) < 4.78 is 22.8. The molecular formula is C69H96O8. The second-order valence-corrected chi connectivity index (χ2v) is 21.0. The Bertz CT molecular complexity index is 2060. The third-order valence-corrected chi connectivity index (χ3v) is 14.2. The lowest BCUT2D eigenvalue weighted by Gasteiger charge is -2.07. The summed E-state index contributed by atoms with van der Waals surface area (Å²) in [5.74, 6) is 0.306. The van der Waals surface area contributed by atoms with Crippen LogP contribution < -0.4 is 18.9 Å². The smallest absolute Gasteiger partial charge is 0.336 e. The maximum Gasteiger partial charge on any atom is 0.336 e. The summed E-state index contributed by atoms with van der Waals surface area (Å²) in [7, 11) is 0. The van der Waals surface area contributed by atoms with Crippen molar-refractivity contribution in [1.29, 1.82) is 0 Å². The number of rotatable bonds is 46. The lowest BCUT2D eigenvalue weighted by Crippen LogP contribution is -2.09. The van der Waals surface area contributed by atoms with Gasteiger partial charge in [-0.05, 0) is 109 Å². The van der Waals surface area contributed by atoms with Crippen LogP contribution in [-0.2, 0) is 9.59 Å². The highest BCUT2D eigenvalue weighted by molar-refractivity contribution is 6.13. The van der Waals surface area contributed by atoms with Crippen LogP contribution in [0.2, 0.25) is 0 Å². The summed E-state index contributed by atoms with van der Waals surface area (Å²) >= 11 is 0. The van der Waals surface area contributed by atoms with Gasteiger partial charge < -0.3 is 18.9 Å². The van der Waals surface area contributed by atoms with Gasteiger partial charge >= 0.3 is 11.9 Å². The van der Waals surface area contributed by atoms with Gasteiger partial charge in [0.2, 0.25) is 0 Å². The highest BCUT2D eigenvalue weighted by Gasteiger charge is 2.15. The minimum Gasteiger partial charge on any atom is -0.494 e. The first-order chi connectivity index (χ1) is 37.8. The molecule has 77 heavy (non-hydrogen) atoms. The van der Waals surface area contributed by atoms with Crippen molar-refractivity contribution in [2.45, 2.75) is 226 Å². The number of Topliss-reactive ketones (excluding diaryl/α,β-unsaturated/α-hetero) is 2. The number of ketones is 2. The van der Waals surface area contributed by atoms with Gasteiger partial charge in [0.25, 0.3) is 0 Å². The number of benzene rings is 4. The second-order valence-electron chi connectivity index (χ2n) is 21.0. The molecule has 420 valence electrons. The fourth-order valence-electron chi connectivity index (χ4n) is 9.43. The zero-order valence-corrected chi connectivity index (χ0v) is 47.6. The van der Waals surface area contributed by atoms with Crippen molar-refractivity contribution in [2.24, 2.45) is 0 Å². The van der Waals surface area contributed by atoms with E-state index in [2.05, 4.69) is 13.8 Å². The Morgan fingerprint density at radius 3 is 0.831 bits per heavy atom. The highest BCUT2D eigenvalue weighted by Crippen LogP contribution is 2.21. The zero-order valence-electron chi connectivity index (χ0n) is 47.6. The molecule has 0 heterocycles. The minimum atomic E-state index is -0.556. The Kier molecular flexibility index (Phi) is 35.0. The summed E-state index contributed by atoms with van der Waals surface area (Å²) in [6.45, 7) is 5.94. The van der Waals surface area contributed by atoms with Gasteiger partial charge in [0.05, 0.1) is 19.6 Å². The molecule has 8 heteroatoms. The average Bonchev–Trinajstić information content (AvgIpc) is 3.44. The van der Waals surface area contributed by atoms with Crippen LogP contribution in [0.3, 0.4) is 0 Å². The SMILES string of the molecule is CCCCCCCCCCCCCCCCCCOc1ccc(/C=C/C(=O)Oc2ccc(C(=O)CC(=O)c3ccc(OC(=O)/C=C/c4ccc(OCCCCCCCCCCCCCCCCCC)cc4)cc3)cc2)cc1. The molecule has 0 spiro atoms. The predicted octanol–water partition coefficient (Wildman–Crippen LogP) is 19.7. The molecule has 0 saturated carbocycles. The summed E-state index contributed by atoms with van der Waals surface area (Å²) in [5, 5.41) is 0. The number of hydrogen-bond acceptors (Lipinski definition) is 8. The summed E-state index contributed by atoms with van der Waals surface area (Å²) in [6.07, 6.45) is 48.7. The van der Waals surface area contributed by atoms with E-state index < -0.39 is 11.9 Å². The van der Waals surface area contributed by atoms with Crippen LogP contribution in [0, 0.1) is 0 Å². The molecule has 0 N–H and O–H groups in total. The van der Waals surface area contributed by atoms with Gasteiger partial charge in [-0.25, -0.2) is 9.59 Å². The number of hydrogen-bond donors (Lipinski definition) is 0. The van der Waals surface area contributed by atoms with E-state index in [4.69, 9.17) is 18.9 Å². The van der Waals surface area contributed by atoms with E-state index in [9.17, 15) is 19.2 Å². The summed E-state index contributed by atoms with van der Waals surface area (Å²) in [5.41, 5.74) is 2.31. The number of ether oxygens (including phenoxy) is 4. The molecule has 0 aliphatic rings. The summed E-state index contributed by atoms with van der Waals surface area (Å²) in [6, 6.07) is 27.4. The first-order valence-corrected chi connectivity index (χ1v) is 30.3. The van der Waals surface area contributed by atoms with E-state index in [1.807, 2.05) is 48.5 Å². The van der Waals surface area contributed by atoms with Crippen molar-refractivity contribution in [3.8, 4) is 23.0 Å². The van der Waals surface area contributed by atoms with Crippen LogP contribution in [0.4, 0.5) is 0 Å². The van der Waals surface area contributed by atoms with Gasteiger partial charge in [-0.15, -0.1) is 0 Å². The van der Waals surface area contributed by atoms with Crippen molar-refractivity contribution in [3.05, 3.63) is 131 Å². The van der Waals surface area contributed by atoms with E-state index >= 15 is 0 Å². The van der Waals surface area contributed by atoms with Crippen molar-refractivity contribution in [1.82, 2.24) is 0 Å². The fourth-order valence-corrected chi connectivity index (χ4v) is 9.43. The highest BCUT2D eigenvalue weighted by atomic mass is 16.5. The van der Waals surface area contributed by atoms with Crippen molar-refractivity contribution in [2.75, 3.05) is 13.2 Å². The molecule has 0 unspecified atom stereocenters. The Hall–Kier alpha value is -5.76.